The van der Waals surface area contributed by atoms with Gasteiger partial charge >= 0.3 is 5.97 Å². The number of rotatable bonds is 10. The van der Waals surface area contributed by atoms with Gasteiger partial charge in [0, 0.05) is 24.5 Å². The van der Waals surface area contributed by atoms with Gasteiger partial charge in [0.2, 0.25) is 11.9 Å². The standard InChI is InChI=1S/C28H29FN4O5/c1-16-20(10-17-11-22(37-3)28(23(12-17)38-4)31-15-26(35)36)19-7-8-24(29)32-27(19)21(16)13-25(34)30-14-18-6-5-9-33(18)2/h5-12,31H,13-15H2,1-4H3,(H,30,34)(H,35,36)/b20-10-. The predicted octanol–water partition coefficient (Wildman–Crippen LogP) is 4.11. The summed E-state index contributed by atoms with van der Waals surface area (Å²) in [6, 6.07) is 10.3. The molecule has 10 heteroatoms. The number of nitrogens with zero attached hydrogens (tertiary/aromatic N) is 2. The number of carboxylic acid groups (broad SMARTS) is 1. The second-order valence-corrected chi connectivity index (χ2v) is 8.80. The van der Waals surface area contributed by atoms with Crippen LogP contribution in [0, 0.1) is 5.95 Å². The molecule has 0 spiro atoms. The van der Waals surface area contributed by atoms with Crippen molar-refractivity contribution >= 4 is 34.8 Å². The number of allylic oxidation sites excluding steroid dienone is 2. The van der Waals surface area contributed by atoms with Crippen molar-refractivity contribution < 1.29 is 28.6 Å². The number of aryl methyl sites for hydroxylation is 1. The number of hydrogen-bond donors (Lipinski definition) is 3. The number of amides is 1. The fraction of sp³-hybridized carbons (Fsp3) is 0.250. The first-order valence-corrected chi connectivity index (χ1v) is 11.9. The number of aliphatic carboxylic acids is 1. The number of anilines is 1. The molecule has 3 aromatic rings. The summed E-state index contributed by atoms with van der Waals surface area (Å²) < 4.78 is 27.1. The van der Waals surface area contributed by atoms with Crippen LogP contribution in [-0.4, -0.2) is 47.3 Å². The summed E-state index contributed by atoms with van der Waals surface area (Å²) in [6.07, 6.45) is 3.83. The lowest BCUT2D eigenvalue weighted by atomic mass is 10.0. The third-order valence-electron chi connectivity index (χ3n) is 6.40. The van der Waals surface area contributed by atoms with E-state index in [9.17, 15) is 14.0 Å². The first kappa shape index (κ1) is 26.5. The van der Waals surface area contributed by atoms with Crippen LogP contribution in [-0.2, 0) is 23.2 Å². The molecule has 38 heavy (non-hydrogen) atoms. The molecule has 0 bridgehead atoms. The number of pyridine rings is 1. The van der Waals surface area contributed by atoms with Gasteiger partial charge in [0.15, 0.2) is 0 Å². The van der Waals surface area contributed by atoms with Gasteiger partial charge in [-0.05, 0) is 71.7 Å². The maximum absolute atomic E-state index is 14.2. The zero-order valence-corrected chi connectivity index (χ0v) is 21.6. The molecule has 0 saturated heterocycles. The Morgan fingerprint density at radius 1 is 1.16 bits per heavy atom. The first-order valence-electron chi connectivity index (χ1n) is 11.9. The normalized spacial score (nSPS) is 13.4. The molecule has 1 amide bonds. The van der Waals surface area contributed by atoms with Crippen molar-refractivity contribution in [1.82, 2.24) is 14.9 Å². The van der Waals surface area contributed by atoms with Crippen LogP contribution in [0.1, 0.15) is 35.9 Å². The fourth-order valence-electron chi connectivity index (χ4n) is 4.44. The molecule has 9 nitrogen and oxygen atoms in total. The topological polar surface area (TPSA) is 115 Å². The van der Waals surface area contributed by atoms with Crippen LogP contribution in [0.3, 0.4) is 0 Å². The molecule has 2 heterocycles. The summed E-state index contributed by atoms with van der Waals surface area (Å²) in [5.74, 6) is -1.05. The third kappa shape index (κ3) is 5.54. The van der Waals surface area contributed by atoms with E-state index in [4.69, 9.17) is 14.6 Å². The van der Waals surface area contributed by atoms with Gasteiger partial charge < -0.3 is 29.8 Å². The maximum atomic E-state index is 14.2. The van der Waals surface area contributed by atoms with E-state index < -0.39 is 11.9 Å². The Hall–Kier alpha value is -4.60. The smallest absolute Gasteiger partial charge is 0.322 e. The quantitative estimate of drug-likeness (QED) is 0.345. The van der Waals surface area contributed by atoms with Crippen molar-refractivity contribution in [1.29, 1.82) is 0 Å². The van der Waals surface area contributed by atoms with Gasteiger partial charge in [0.25, 0.3) is 0 Å². The van der Waals surface area contributed by atoms with Gasteiger partial charge in [-0.2, -0.15) is 4.39 Å². The monoisotopic (exact) mass is 520 g/mol. The van der Waals surface area contributed by atoms with Gasteiger partial charge in [-0.15, -0.1) is 0 Å². The number of carbonyl (C=O) groups excluding carboxylic acids is 1. The molecule has 4 rings (SSSR count). The second-order valence-electron chi connectivity index (χ2n) is 8.80. The number of hydrogen-bond acceptors (Lipinski definition) is 6. The van der Waals surface area contributed by atoms with E-state index in [1.165, 1.54) is 20.3 Å². The van der Waals surface area contributed by atoms with E-state index in [0.717, 1.165) is 16.8 Å². The van der Waals surface area contributed by atoms with Crippen LogP contribution < -0.4 is 20.1 Å². The molecule has 3 N–H and O–H groups in total. The predicted molar refractivity (Wildman–Crippen MR) is 142 cm³/mol. The van der Waals surface area contributed by atoms with Crippen LogP contribution in [0.2, 0.25) is 0 Å². The Morgan fingerprint density at radius 3 is 2.47 bits per heavy atom. The van der Waals surface area contributed by atoms with Gasteiger partial charge in [0.05, 0.1) is 32.9 Å². The zero-order chi connectivity index (χ0) is 27.4. The Kier molecular flexibility index (Phi) is 7.80. The summed E-state index contributed by atoms with van der Waals surface area (Å²) in [4.78, 5) is 28.0. The SMILES string of the molecule is COc1cc(/C=C2/C(C)=C(CC(=O)NCc3cccn3C)c3nc(F)ccc32)cc(OC)c1NCC(=O)O. The lowest BCUT2D eigenvalue weighted by molar-refractivity contribution is -0.135. The Labute approximate surface area is 219 Å². The van der Waals surface area contributed by atoms with Gasteiger partial charge in [-0.3, -0.25) is 9.59 Å². The van der Waals surface area contributed by atoms with Crippen molar-refractivity contribution in [3.8, 4) is 11.5 Å². The maximum Gasteiger partial charge on any atom is 0.322 e. The lowest BCUT2D eigenvalue weighted by Gasteiger charge is -2.15. The highest BCUT2D eigenvalue weighted by Crippen LogP contribution is 2.44. The van der Waals surface area contributed by atoms with Gasteiger partial charge in [0.1, 0.15) is 23.7 Å². The van der Waals surface area contributed by atoms with Crippen molar-refractivity contribution in [2.75, 3.05) is 26.1 Å². The molecule has 1 aliphatic carbocycles. The van der Waals surface area contributed by atoms with Crippen LogP contribution in [0.25, 0.3) is 17.2 Å². The molecule has 0 unspecified atom stereocenters. The molecule has 1 aromatic carbocycles. The van der Waals surface area contributed by atoms with E-state index in [0.29, 0.717) is 46.1 Å². The summed E-state index contributed by atoms with van der Waals surface area (Å²) in [5, 5.41) is 14.8. The molecule has 0 aliphatic heterocycles. The number of ether oxygens (including phenoxy) is 2. The van der Waals surface area contributed by atoms with E-state index in [-0.39, 0.29) is 18.9 Å². The minimum atomic E-state index is -1.02. The van der Waals surface area contributed by atoms with Gasteiger partial charge in [-0.25, -0.2) is 4.98 Å². The number of benzene rings is 1. The number of aromatic nitrogens is 2. The number of carboxylic acids is 1. The van der Waals surface area contributed by atoms with Crippen molar-refractivity contribution in [2.24, 2.45) is 7.05 Å². The van der Waals surface area contributed by atoms with E-state index >= 15 is 0 Å². The van der Waals surface area contributed by atoms with Crippen LogP contribution in [0.5, 0.6) is 11.5 Å². The van der Waals surface area contributed by atoms with Crippen LogP contribution >= 0.6 is 0 Å². The second kappa shape index (κ2) is 11.2. The highest BCUT2D eigenvalue weighted by Gasteiger charge is 2.27. The zero-order valence-electron chi connectivity index (χ0n) is 21.6. The summed E-state index contributed by atoms with van der Waals surface area (Å²) in [6.45, 7) is 1.94. The molecule has 0 atom stereocenters. The third-order valence-corrected chi connectivity index (χ3v) is 6.40. The molecular formula is C28H29FN4O5. The van der Waals surface area contributed by atoms with E-state index in [1.54, 1.807) is 18.2 Å². The number of fused-ring (bicyclic) bond motifs is 1. The van der Waals surface area contributed by atoms with E-state index in [2.05, 4.69) is 15.6 Å². The molecule has 2 aromatic heterocycles. The summed E-state index contributed by atoms with van der Waals surface area (Å²) >= 11 is 0. The van der Waals surface area contributed by atoms with E-state index in [1.807, 2.05) is 42.9 Å². The number of halogens is 1. The number of nitrogens with one attached hydrogen (secondary N) is 2. The molecule has 0 fully saturated rings. The molecule has 198 valence electrons. The average Bonchev–Trinajstić information content (AvgIpc) is 3.41. The van der Waals surface area contributed by atoms with Crippen LogP contribution in [0.15, 0.2) is 48.2 Å². The highest BCUT2D eigenvalue weighted by molar-refractivity contribution is 6.07. The van der Waals surface area contributed by atoms with Crippen LogP contribution in [0.4, 0.5) is 10.1 Å². The molecule has 0 saturated carbocycles. The summed E-state index contributed by atoms with van der Waals surface area (Å²) in [5.41, 5.74) is 5.46. The fourth-order valence-corrected chi connectivity index (χ4v) is 4.44. The minimum Gasteiger partial charge on any atom is -0.494 e. The molecule has 0 radical (unpaired) electrons. The van der Waals surface area contributed by atoms with Crippen molar-refractivity contribution in [3.05, 3.63) is 76.6 Å². The highest BCUT2D eigenvalue weighted by atomic mass is 19.1. The summed E-state index contributed by atoms with van der Waals surface area (Å²) in [7, 11) is 4.86. The van der Waals surface area contributed by atoms with Crippen molar-refractivity contribution in [3.63, 3.8) is 0 Å². The first-order chi connectivity index (χ1) is 18.2. The van der Waals surface area contributed by atoms with Gasteiger partial charge in [-0.1, -0.05) is 0 Å². The minimum absolute atomic E-state index is 0.0434. The number of methoxy groups -OCH3 is 2. The molecular weight excluding hydrogens is 491 g/mol. The average molecular weight is 521 g/mol. The molecule has 1 aliphatic rings. The largest absolute Gasteiger partial charge is 0.494 e. The number of carbonyl (C=O) groups is 2. The Balaban J connectivity index is 1.69. The Morgan fingerprint density at radius 2 is 1.87 bits per heavy atom. The Bertz CT molecular complexity index is 1430. The van der Waals surface area contributed by atoms with Crippen molar-refractivity contribution in [2.45, 2.75) is 19.9 Å². The lowest BCUT2D eigenvalue weighted by Crippen LogP contribution is -2.24.